The quantitative estimate of drug-likeness (QED) is 0.763. The topological polar surface area (TPSA) is 75.7 Å². The number of para-hydroxylation sites is 1. The molecule has 1 aliphatic rings. The summed E-state index contributed by atoms with van der Waals surface area (Å²) in [7, 11) is 0. The van der Waals surface area contributed by atoms with Gasteiger partial charge in [0.1, 0.15) is 5.82 Å². The number of benzene rings is 2. The van der Waals surface area contributed by atoms with E-state index in [1.165, 1.54) is 24.3 Å². The summed E-state index contributed by atoms with van der Waals surface area (Å²) in [5.74, 6) is -1.75. The van der Waals surface area contributed by atoms with Gasteiger partial charge in [-0.2, -0.15) is 0 Å². The SMILES string of the molecule is Cc1cccc(C)c1NC(=O)COC(=O)C1CCN(C(=O)c2ccc(F)cc2)CC1. The van der Waals surface area contributed by atoms with E-state index in [0.717, 1.165) is 16.8 Å². The highest BCUT2D eigenvalue weighted by Gasteiger charge is 2.29. The van der Waals surface area contributed by atoms with Crippen molar-refractivity contribution in [3.05, 3.63) is 65.0 Å². The third-order valence-corrected chi connectivity index (χ3v) is 5.30. The van der Waals surface area contributed by atoms with Crippen LogP contribution < -0.4 is 5.32 Å². The van der Waals surface area contributed by atoms with Crippen molar-refractivity contribution < 1.29 is 23.5 Å². The Hall–Kier alpha value is -3.22. The molecule has 2 aromatic carbocycles. The second-order valence-electron chi connectivity index (χ2n) is 7.50. The van der Waals surface area contributed by atoms with Gasteiger partial charge in [-0.15, -0.1) is 0 Å². The Balaban J connectivity index is 1.45. The molecule has 0 atom stereocenters. The maximum Gasteiger partial charge on any atom is 0.309 e. The summed E-state index contributed by atoms with van der Waals surface area (Å²) >= 11 is 0. The van der Waals surface area contributed by atoms with Crippen LogP contribution in [0.1, 0.15) is 34.3 Å². The normalized spacial score (nSPS) is 14.3. The fourth-order valence-electron chi connectivity index (χ4n) is 3.53. The zero-order valence-corrected chi connectivity index (χ0v) is 17.1. The fraction of sp³-hybridized carbons (Fsp3) is 0.348. The largest absolute Gasteiger partial charge is 0.455 e. The molecule has 30 heavy (non-hydrogen) atoms. The Morgan fingerprint density at radius 3 is 2.23 bits per heavy atom. The van der Waals surface area contributed by atoms with Gasteiger partial charge < -0.3 is 15.0 Å². The van der Waals surface area contributed by atoms with Crippen LogP contribution in [0, 0.1) is 25.6 Å². The van der Waals surface area contributed by atoms with E-state index < -0.39 is 11.8 Å². The number of likely N-dealkylation sites (tertiary alicyclic amines) is 1. The zero-order valence-electron chi connectivity index (χ0n) is 17.1. The Morgan fingerprint density at radius 2 is 1.63 bits per heavy atom. The van der Waals surface area contributed by atoms with Crippen LogP contribution in [0.4, 0.5) is 10.1 Å². The van der Waals surface area contributed by atoms with E-state index in [1.807, 2.05) is 32.0 Å². The first-order chi connectivity index (χ1) is 14.3. The molecule has 1 heterocycles. The van der Waals surface area contributed by atoms with Crippen molar-refractivity contribution in [3.8, 4) is 0 Å². The number of carbonyl (C=O) groups is 3. The van der Waals surface area contributed by atoms with Gasteiger partial charge in [-0.3, -0.25) is 14.4 Å². The molecule has 0 saturated carbocycles. The Morgan fingerprint density at radius 1 is 1.03 bits per heavy atom. The fourth-order valence-corrected chi connectivity index (χ4v) is 3.53. The lowest BCUT2D eigenvalue weighted by Crippen LogP contribution is -2.41. The molecule has 6 nitrogen and oxygen atoms in total. The molecule has 0 aliphatic carbocycles. The van der Waals surface area contributed by atoms with Gasteiger partial charge in [0.05, 0.1) is 5.92 Å². The Kier molecular flexibility index (Phi) is 6.82. The van der Waals surface area contributed by atoms with E-state index in [0.29, 0.717) is 31.5 Å². The van der Waals surface area contributed by atoms with Gasteiger partial charge in [0.15, 0.2) is 6.61 Å². The summed E-state index contributed by atoms with van der Waals surface area (Å²) in [6, 6.07) is 11.1. The number of hydrogen-bond donors (Lipinski definition) is 1. The minimum Gasteiger partial charge on any atom is -0.455 e. The standard InChI is InChI=1S/C23H25FN2O4/c1-15-4-3-5-16(2)21(15)25-20(27)14-30-23(29)18-10-12-26(13-11-18)22(28)17-6-8-19(24)9-7-17/h3-9,18H,10-14H2,1-2H3,(H,25,27). The van der Waals surface area contributed by atoms with Gasteiger partial charge >= 0.3 is 5.97 Å². The number of halogens is 1. The summed E-state index contributed by atoms with van der Waals surface area (Å²) in [4.78, 5) is 38.6. The molecule has 2 amide bonds. The molecule has 2 aromatic rings. The number of rotatable bonds is 5. The number of nitrogens with zero attached hydrogens (tertiary/aromatic N) is 1. The number of hydrogen-bond acceptors (Lipinski definition) is 4. The lowest BCUT2D eigenvalue weighted by molar-refractivity contribution is -0.152. The zero-order chi connectivity index (χ0) is 21.7. The molecule has 0 aromatic heterocycles. The first-order valence-electron chi connectivity index (χ1n) is 9.92. The predicted octanol–water partition coefficient (Wildman–Crippen LogP) is 3.48. The minimum absolute atomic E-state index is 0.185. The van der Waals surface area contributed by atoms with Gasteiger partial charge in [0.25, 0.3) is 11.8 Å². The van der Waals surface area contributed by atoms with E-state index >= 15 is 0 Å². The van der Waals surface area contributed by atoms with Gasteiger partial charge in [-0.05, 0) is 62.1 Å². The maximum atomic E-state index is 13.0. The minimum atomic E-state index is -0.430. The van der Waals surface area contributed by atoms with Crippen LogP contribution in [0.2, 0.25) is 0 Å². The van der Waals surface area contributed by atoms with Crippen LogP contribution >= 0.6 is 0 Å². The molecule has 1 fully saturated rings. The molecular weight excluding hydrogens is 387 g/mol. The molecule has 0 bridgehead atoms. The third kappa shape index (κ3) is 5.23. The van der Waals surface area contributed by atoms with Crippen LogP contribution in [-0.4, -0.2) is 42.4 Å². The van der Waals surface area contributed by atoms with E-state index in [2.05, 4.69) is 5.32 Å². The smallest absolute Gasteiger partial charge is 0.309 e. The highest BCUT2D eigenvalue weighted by molar-refractivity contribution is 5.95. The van der Waals surface area contributed by atoms with Gasteiger partial charge in [0.2, 0.25) is 0 Å². The summed E-state index contributed by atoms with van der Waals surface area (Å²) in [5.41, 5.74) is 3.02. The number of esters is 1. The molecule has 1 N–H and O–H groups in total. The second-order valence-corrected chi connectivity index (χ2v) is 7.50. The average molecular weight is 412 g/mol. The number of aryl methyl sites for hydroxylation is 2. The van der Waals surface area contributed by atoms with Crippen molar-refractivity contribution in [3.63, 3.8) is 0 Å². The number of nitrogens with one attached hydrogen (secondary N) is 1. The van der Waals surface area contributed by atoms with Gasteiger partial charge in [-0.25, -0.2) is 4.39 Å². The third-order valence-electron chi connectivity index (χ3n) is 5.30. The van der Waals surface area contributed by atoms with Crippen molar-refractivity contribution in [1.29, 1.82) is 0 Å². The first-order valence-corrected chi connectivity index (χ1v) is 9.92. The van der Waals surface area contributed by atoms with Gasteiger partial charge in [0, 0.05) is 24.3 Å². The average Bonchev–Trinajstić information content (AvgIpc) is 2.75. The van der Waals surface area contributed by atoms with Crippen molar-refractivity contribution in [1.82, 2.24) is 4.90 Å². The van der Waals surface area contributed by atoms with Crippen LogP contribution in [-0.2, 0) is 14.3 Å². The number of ether oxygens (including phenoxy) is 1. The number of anilines is 1. The van der Waals surface area contributed by atoms with Crippen molar-refractivity contribution in [2.45, 2.75) is 26.7 Å². The molecule has 0 radical (unpaired) electrons. The monoisotopic (exact) mass is 412 g/mol. The Bertz CT molecular complexity index is 914. The molecule has 1 saturated heterocycles. The van der Waals surface area contributed by atoms with Crippen molar-refractivity contribution in [2.24, 2.45) is 5.92 Å². The highest BCUT2D eigenvalue weighted by atomic mass is 19.1. The van der Waals surface area contributed by atoms with Crippen LogP contribution in [0.3, 0.4) is 0 Å². The Labute approximate surface area is 175 Å². The van der Waals surface area contributed by atoms with E-state index in [9.17, 15) is 18.8 Å². The van der Waals surface area contributed by atoms with Crippen LogP contribution in [0.25, 0.3) is 0 Å². The van der Waals surface area contributed by atoms with Crippen LogP contribution in [0.15, 0.2) is 42.5 Å². The molecule has 0 spiro atoms. The van der Waals surface area contributed by atoms with E-state index in [4.69, 9.17) is 4.74 Å². The van der Waals surface area contributed by atoms with Crippen molar-refractivity contribution >= 4 is 23.5 Å². The molecule has 158 valence electrons. The maximum absolute atomic E-state index is 13.0. The summed E-state index contributed by atoms with van der Waals surface area (Å²) in [5, 5.41) is 2.79. The second kappa shape index (κ2) is 9.52. The van der Waals surface area contributed by atoms with Crippen LogP contribution in [0.5, 0.6) is 0 Å². The molecule has 1 aliphatic heterocycles. The lowest BCUT2D eigenvalue weighted by atomic mass is 9.96. The molecule has 7 heteroatoms. The lowest BCUT2D eigenvalue weighted by Gasteiger charge is -2.31. The molecule has 0 unspecified atom stereocenters. The van der Waals surface area contributed by atoms with Crippen molar-refractivity contribution in [2.75, 3.05) is 25.0 Å². The first kappa shape index (κ1) is 21.5. The van der Waals surface area contributed by atoms with E-state index in [1.54, 1.807) is 4.90 Å². The number of piperidine rings is 1. The van der Waals surface area contributed by atoms with E-state index in [-0.39, 0.29) is 24.3 Å². The van der Waals surface area contributed by atoms with Gasteiger partial charge in [-0.1, -0.05) is 18.2 Å². The summed E-state index contributed by atoms with van der Waals surface area (Å²) < 4.78 is 18.2. The number of carbonyl (C=O) groups excluding carboxylic acids is 3. The molecular formula is C23H25FN2O4. The predicted molar refractivity (Wildman–Crippen MR) is 111 cm³/mol. The summed E-state index contributed by atoms with van der Waals surface area (Å²) in [6.45, 7) is 4.27. The highest BCUT2D eigenvalue weighted by Crippen LogP contribution is 2.21. The summed E-state index contributed by atoms with van der Waals surface area (Å²) in [6.07, 6.45) is 0.925. The number of amides is 2. The molecule has 3 rings (SSSR count).